The van der Waals surface area contributed by atoms with Crippen LogP contribution >= 0.6 is 11.6 Å². The third-order valence-electron chi connectivity index (χ3n) is 3.20. The lowest BCUT2D eigenvalue weighted by Gasteiger charge is -2.17. The van der Waals surface area contributed by atoms with E-state index in [4.69, 9.17) is 16.3 Å². The molecule has 0 fully saturated rings. The number of halogens is 1. The summed E-state index contributed by atoms with van der Waals surface area (Å²) in [6.45, 7) is 6.75. The van der Waals surface area contributed by atoms with Crippen molar-refractivity contribution in [1.29, 1.82) is 0 Å². The SMILES string of the molecule is CCCOc1ccc(C(O)c2c(Cl)cnn2C(C)C)cc1. The summed E-state index contributed by atoms with van der Waals surface area (Å²) in [6, 6.07) is 7.55. The van der Waals surface area contributed by atoms with Crippen LogP contribution in [-0.2, 0) is 0 Å². The van der Waals surface area contributed by atoms with Gasteiger partial charge in [-0.25, -0.2) is 0 Å². The first-order chi connectivity index (χ1) is 10.0. The summed E-state index contributed by atoms with van der Waals surface area (Å²) in [5.74, 6) is 0.802. The van der Waals surface area contributed by atoms with Gasteiger partial charge in [-0.3, -0.25) is 4.68 Å². The summed E-state index contributed by atoms with van der Waals surface area (Å²) in [4.78, 5) is 0. The third-order valence-corrected chi connectivity index (χ3v) is 3.50. The maximum Gasteiger partial charge on any atom is 0.122 e. The molecule has 0 spiro atoms. The molecule has 1 heterocycles. The van der Waals surface area contributed by atoms with Crippen molar-refractivity contribution in [2.24, 2.45) is 0 Å². The van der Waals surface area contributed by atoms with E-state index in [9.17, 15) is 5.11 Å². The molecule has 2 rings (SSSR count). The van der Waals surface area contributed by atoms with E-state index in [1.165, 1.54) is 0 Å². The average molecular weight is 309 g/mol. The molecule has 0 bridgehead atoms. The highest BCUT2D eigenvalue weighted by Gasteiger charge is 2.21. The van der Waals surface area contributed by atoms with Crippen molar-refractivity contribution in [2.45, 2.75) is 39.3 Å². The van der Waals surface area contributed by atoms with Gasteiger partial charge in [-0.2, -0.15) is 5.10 Å². The second-order valence-electron chi connectivity index (χ2n) is 5.24. The maximum atomic E-state index is 10.6. The van der Waals surface area contributed by atoms with E-state index < -0.39 is 6.10 Å². The molecule has 0 amide bonds. The lowest BCUT2D eigenvalue weighted by Crippen LogP contribution is -2.12. The van der Waals surface area contributed by atoms with Crippen molar-refractivity contribution in [3.8, 4) is 5.75 Å². The smallest absolute Gasteiger partial charge is 0.122 e. The number of aliphatic hydroxyl groups is 1. The zero-order chi connectivity index (χ0) is 15.4. The van der Waals surface area contributed by atoms with E-state index >= 15 is 0 Å². The van der Waals surface area contributed by atoms with Crippen molar-refractivity contribution in [3.63, 3.8) is 0 Å². The lowest BCUT2D eigenvalue weighted by atomic mass is 10.1. The van der Waals surface area contributed by atoms with Crippen LogP contribution in [-0.4, -0.2) is 21.5 Å². The normalized spacial score (nSPS) is 12.7. The number of hydrogen-bond donors (Lipinski definition) is 1. The molecule has 1 aromatic carbocycles. The van der Waals surface area contributed by atoms with Crippen LogP contribution in [0.4, 0.5) is 0 Å². The molecule has 1 atom stereocenters. The Morgan fingerprint density at radius 3 is 2.52 bits per heavy atom. The molecule has 21 heavy (non-hydrogen) atoms. The Bertz CT molecular complexity index is 578. The Balaban J connectivity index is 2.24. The zero-order valence-corrected chi connectivity index (χ0v) is 13.3. The van der Waals surface area contributed by atoms with Gasteiger partial charge in [0.15, 0.2) is 0 Å². The Hall–Kier alpha value is -1.52. The van der Waals surface area contributed by atoms with Crippen molar-refractivity contribution in [2.75, 3.05) is 6.61 Å². The Morgan fingerprint density at radius 1 is 1.29 bits per heavy atom. The first kappa shape index (κ1) is 15.9. The van der Waals surface area contributed by atoms with Gasteiger partial charge in [0, 0.05) is 6.04 Å². The van der Waals surface area contributed by atoms with Gasteiger partial charge in [-0.05, 0) is 38.0 Å². The van der Waals surface area contributed by atoms with Crippen LogP contribution in [0.1, 0.15) is 50.6 Å². The zero-order valence-electron chi connectivity index (χ0n) is 12.6. The predicted octanol–water partition coefficient (Wildman–Crippen LogP) is 3.99. The Labute approximate surface area is 130 Å². The molecule has 1 aromatic heterocycles. The molecule has 0 saturated heterocycles. The highest BCUT2D eigenvalue weighted by molar-refractivity contribution is 6.31. The monoisotopic (exact) mass is 308 g/mol. The van der Waals surface area contributed by atoms with Gasteiger partial charge in [-0.15, -0.1) is 0 Å². The fourth-order valence-electron chi connectivity index (χ4n) is 2.14. The molecular weight excluding hydrogens is 288 g/mol. The largest absolute Gasteiger partial charge is 0.494 e. The number of hydrogen-bond acceptors (Lipinski definition) is 3. The maximum absolute atomic E-state index is 10.6. The molecule has 2 aromatic rings. The first-order valence-electron chi connectivity index (χ1n) is 7.18. The number of ether oxygens (including phenoxy) is 1. The minimum absolute atomic E-state index is 0.134. The third kappa shape index (κ3) is 3.57. The van der Waals surface area contributed by atoms with Crippen molar-refractivity contribution < 1.29 is 9.84 Å². The van der Waals surface area contributed by atoms with Crippen molar-refractivity contribution in [1.82, 2.24) is 9.78 Å². The standard InChI is InChI=1S/C16H21ClN2O2/c1-4-9-21-13-7-5-12(6-8-13)16(20)15-14(17)10-18-19(15)11(2)3/h5-8,10-11,16,20H,4,9H2,1-3H3. The molecule has 5 heteroatoms. The number of nitrogens with zero attached hydrogens (tertiary/aromatic N) is 2. The Morgan fingerprint density at radius 2 is 1.95 bits per heavy atom. The van der Waals surface area contributed by atoms with E-state index in [1.54, 1.807) is 10.9 Å². The van der Waals surface area contributed by atoms with E-state index in [0.717, 1.165) is 17.7 Å². The highest BCUT2D eigenvalue weighted by Crippen LogP contribution is 2.30. The summed E-state index contributed by atoms with van der Waals surface area (Å²) in [5.41, 5.74) is 1.39. The molecule has 4 nitrogen and oxygen atoms in total. The van der Waals surface area contributed by atoms with Gasteiger partial charge in [0.25, 0.3) is 0 Å². The Kier molecular flexibility index (Phi) is 5.26. The summed E-state index contributed by atoms with van der Waals surface area (Å²) in [7, 11) is 0. The predicted molar refractivity (Wildman–Crippen MR) is 83.9 cm³/mol. The quantitative estimate of drug-likeness (QED) is 0.877. The second-order valence-corrected chi connectivity index (χ2v) is 5.64. The average Bonchev–Trinajstić information content (AvgIpc) is 2.87. The summed E-state index contributed by atoms with van der Waals surface area (Å²) in [5, 5.41) is 15.3. The summed E-state index contributed by atoms with van der Waals surface area (Å²) >= 11 is 6.17. The van der Waals surface area contributed by atoms with Gasteiger partial charge in [0.05, 0.1) is 23.5 Å². The van der Waals surface area contributed by atoms with Crippen molar-refractivity contribution in [3.05, 3.63) is 46.7 Å². The number of aromatic nitrogens is 2. The fourth-order valence-corrected chi connectivity index (χ4v) is 2.38. The van der Waals surface area contributed by atoms with Crippen molar-refractivity contribution >= 4 is 11.6 Å². The molecule has 0 aliphatic carbocycles. The van der Waals surface area contributed by atoms with Crippen LogP contribution in [0.2, 0.25) is 5.02 Å². The van der Waals surface area contributed by atoms with Crippen LogP contribution in [0.3, 0.4) is 0 Å². The van der Waals surface area contributed by atoms with Crippen LogP contribution in [0, 0.1) is 0 Å². The van der Waals surface area contributed by atoms with Gasteiger partial charge < -0.3 is 9.84 Å². The first-order valence-corrected chi connectivity index (χ1v) is 7.56. The van der Waals surface area contributed by atoms with Gasteiger partial charge in [0.1, 0.15) is 11.9 Å². The fraction of sp³-hybridized carbons (Fsp3) is 0.438. The minimum Gasteiger partial charge on any atom is -0.494 e. The lowest BCUT2D eigenvalue weighted by molar-refractivity contribution is 0.205. The van der Waals surface area contributed by atoms with E-state index in [2.05, 4.69) is 12.0 Å². The summed E-state index contributed by atoms with van der Waals surface area (Å²) < 4.78 is 7.29. The van der Waals surface area contributed by atoms with Crippen LogP contribution in [0.15, 0.2) is 30.5 Å². The van der Waals surface area contributed by atoms with Gasteiger partial charge in [0.2, 0.25) is 0 Å². The summed E-state index contributed by atoms with van der Waals surface area (Å²) in [6.07, 6.45) is 1.73. The van der Waals surface area contributed by atoms with Crippen LogP contribution in [0.25, 0.3) is 0 Å². The molecule has 0 saturated carbocycles. The van der Waals surface area contributed by atoms with E-state index in [1.807, 2.05) is 38.1 Å². The molecule has 0 radical (unpaired) electrons. The number of benzene rings is 1. The van der Waals surface area contributed by atoms with E-state index in [0.29, 0.717) is 17.3 Å². The molecule has 1 N–H and O–H groups in total. The van der Waals surface area contributed by atoms with Gasteiger partial charge in [-0.1, -0.05) is 30.7 Å². The molecule has 0 aliphatic heterocycles. The molecule has 114 valence electrons. The second kappa shape index (κ2) is 6.96. The molecular formula is C16H21ClN2O2. The van der Waals surface area contributed by atoms with Crippen LogP contribution in [0.5, 0.6) is 5.75 Å². The van der Waals surface area contributed by atoms with Gasteiger partial charge >= 0.3 is 0 Å². The minimum atomic E-state index is -0.803. The molecule has 1 unspecified atom stereocenters. The molecule has 0 aliphatic rings. The number of aliphatic hydroxyl groups excluding tert-OH is 1. The topological polar surface area (TPSA) is 47.3 Å². The van der Waals surface area contributed by atoms with Crippen LogP contribution < -0.4 is 4.74 Å². The van der Waals surface area contributed by atoms with E-state index in [-0.39, 0.29) is 6.04 Å². The number of rotatable bonds is 6. The highest BCUT2D eigenvalue weighted by atomic mass is 35.5.